The molecular weight excluding hydrogens is 304 g/mol. The van der Waals surface area contributed by atoms with E-state index in [2.05, 4.69) is 4.72 Å². The highest BCUT2D eigenvalue weighted by molar-refractivity contribution is 7.91. The summed E-state index contributed by atoms with van der Waals surface area (Å²) < 4.78 is 53.7. The molecule has 0 aliphatic carbocycles. The minimum absolute atomic E-state index is 0.104. The lowest BCUT2D eigenvalue weighted by Gasteiger charge is -2.12. The predicted molar refractivity (Wildman–Crippen MR) is 76.9 cm³/mol. The van der Waals surface area contributed by atoms with Gasteiger partial charge in [0.2, 0.25) is 10.0 Å². The van der Waals surface area contributed by atoms with E-state index in [0.717, 1.165) is 6.26 Å². The zero-order valence-electron chi connectivity index (χ0n) is 11.3. The van der Waals surface area contributed by atoms with E-state index < -0.39 is 19.9 Å². The minimum Gasteiger partial charge on any atom is -0.492 e. The van der Waals surface area contributed by atoms with E-state index in [-0.39, 0.29) is 28.6 Å². The van der Waals surface area contributed by atoms with Crippen LogP contribution in [0.2, 0.25) is 0 Å². The zero-order valence-corrected chi connectivity index (χ0v) is 12.9. The van der Waals surface area contributed by atoms with Crippen molar-refractivity contribution in [3.05, 3.63) is 18.2 Å². The molecule has 0 amide bonds. The Morgan fingerprint density at radius 2 is 1.90 bits per heavy atom. The van der Waals surface area contributed by atoms with Crippen molar-refractivity contribution >= 4 is 25.5 Å². The monoisotopic (exact) mass is 322 g/mol. The smallest absolute Gasteiger partial charge is 0.244 e. The van der Waals surface area contributed by atoms with Gasteiger partial charge in [0.05, 0.1) is 12.4 Å². The summed E-state index contributed by atoms with van der Waals surface area (Å²) in [5.74, 6) is -0.105. The third kappa shape index (κ3) is 4.99. The Balaban J connectivity index is 2.99. The van der Waals surface area contributed by atoms with E-state index in [1.807, 2.05) is 0 Å². The topological polar surface area (TPSA) is 116 Å². The van der Waals surface area contributed by atoms with Gasteiger partial charge in [-0.25, -0.2) is 21.6 Å². The van der Waals surface area contributed by atoms with E-state index in [9.17, 15) is 16.8 Å². The van der Waals surface area contributed by atoms with E-state index in [1.165, 1.54) is 18.2 Å². The number of ether oxygens (including phenoxy) is 1. The van der Waals surface area contributed by atoms with E-state index in [4.69, 9.17) is 10.5 Å². The summed E-state index contributed by atoms with van der Waals surface area (Å²) in [7, 11) is -7.12. The third-order valence-corrected chi connectivity index (χ3v) is 4.75. The fourth-order valence-corrected chi connectivity index (χ4v) is 3.26. The second-order valence-corrected chi connectivity index (χ2v) is 8.16. The summed E-state index contributed by atoms with van der Waals surface area (Å²) >= 11 is 0. The first-order valence-electron chi connectivity index (χ1n) is 5.85. The normalized spacial score (nSPS) is 12.3. The first kappa shape index (κ1) is 16.7. The van der Waals surface area contributed by atoms with Crippen LogP contribution in [-0.4, -0.2) is 42.0 Å². The maximum absolute atomic E-state index is 12.1. The Morgan fingerprint density at radius 3 is 2.45 bits per heavy atom. The lowest BCUT2D eigenvalue weighted by Crippen LogP contribution is -2.29. The Labute approximate surface area is 119 Å². The number of hydrogen-bond donors (Lipinski definition) is 2. The molecule has 0 saturated carbocycles. The van der Waals surface area contributed by atoms with Gasteiger partial charge in [-0.15, -0.1) is 0 Å². The van der Waals surface area contributed by atoms with Crippen LogP contribution >= 0.6 is 0 Å². The number of rotatable bonds is 7. The van der Waals surface area contributed by atoms with Gasteiger partial charge in [0, 0.05) is 18.5 Å². The number of anilines is 1. The molecule has 7 nitrogen and oxygen atoms in total. The van der Waals surface area contributed by atoms with Gasteiger partial charge in [0.1, 0.15) is 20.5 Å². The minimum atomic E-state index is -3.88. The van der Waals surface area contributed by atoms with Gasteiger partial charge < -0.3 is 10.5 Å². The molecule has 0 heterocycles. The molecule has 0 aliphatic heterocycles. The van der Waals surface area contributed by atoms with E-state index in [0.29, 0.717) is 6.61 Å². The number of nitrogens with one attached hydrogen (secondary N) is 1. The number of nitrogen functional groups attached to an aromatic ring is 1. The van der Waals surface area contributed by atoms with Crippen molar-refractivity contribution in [2.24, 2.45) is 0 Å². The Bertz CT molecular complexity index is 668. The summed E-state index contributed by atoms with van der Waals surface area (Å²) in [6.45, 7) is 1.82. The van der Waals surface area contributed by atoms with Crippen LogP contribution in [0.3, 0.4) is 0 Å². The summed E-state index contributed by atoms with van der Waals surface area (Å²) in [4.78, 5) is -0.104. The molecule has 0 aliphatic rings. The van der Waals surface area contributed by atoms with Gasteiger partial charge in [0.25, 0.3) is 0 Å². The van der Waals surface area contributed by atoms with Crippen LogP contribution in [0.5, 0.6) is 5.75 Å². The van der Waals surface area contributed by atoms with Gasteiger partial charge in [-0.3, -0.25) is 0 Å². The number of hydrogen-bond acceptors (Lipinski definition) is 6. The van der Waals surface area contributed by atoms with Crippen molar-refractivity contribution in [3.8, 4) is 5.75 Å². The SMILES string of the molecule is CCOc1ccc(N)cc1S(=O)(=O)NCCS(C)(=O)=O. The van der Waals surface area contributed by atoms with Gasteiger partial charge in [0.15, 0.2) is 0 Å². The molecule has 0 saturated heterocycles. The fourth-order valence-electron chi connectivity index (χ4n) is 1.45. The largest absolute Gasteiger partial charge is 0.492 e. The van der Waals surface area contributed by atoms with E-state index in [1.54, 1.807) is 6.92 Å². The molecule has 1 rings (SSSR count). The number of benzene rings is 1. The molecule has 1 aromatic carbocycles. The third-order valence-electron chi connectivity index (χ3n) is 2.32. The highest BCUT2D eigenvalue weighted by Crippen LogP contribution is 2.26. The van der Waals surface area contributed by atoms with Gasteiger partial charge in [-0.2, -0.15) is 0 Å². The van der Waals surface area contributed by atoms with Crippen LogP contribution in [0.15, 0.2) is 23.1 Å². The molecule has 3 N–H and O–H groups in total. The van der Waals surface area contributed by atoms with Gasteiger partial charge >= 0.3 is 0 Å². The second kappa shape index (κ2) is 6.42. The fraction of sp³-hybridized carbons (Fsp3) is 0.455. The zero-order chi connectivity index (χ0) is 15.4. The first-order valence-corrected chi connectivity index (χ1v) is 9.40. The van der Waals surface area contributed by atoms with Crippen LogP contribution in [-0.2, 0) is 19.9 Å². The average Bonchev–Trinajstić information content (AvgIpc) is 2.29. The Morgan fingerprint density at radius 1 is 1.25 bits per heavy atom. The maximum atomic E-state index is 12.1. The predicted octanol–water partition coefficient (Wildman–Crippen LogP) is -0.00960. The van der Waals surface area contributed by atoms with Crippen molar-refractivity contribution in [3.63, 3.8) is 0 Å². The molecule has 0 fully saturated rings. The molecular formula is C11H18N2O5S2. The molecule has 0 atom stereocenters. The highest BCUT2D eigenvalue weighted by Gasteiger charge is 2.20. The van der Waals surface area contributed by atoms with E-state index >= 15 is 0 Å². The average molecular weight is 322 g/mol. The Hall–Kier alpha value is -1.32. The summed E-state index contributed by atoms with van der Waals surface area (Å²) in [5, 5.41) is 0. The van der Waals surface area contributed by atoms with Crippen LogP contribution in [0.25, 0.3) is 0 Å². The molecule has 1 aromatic rings. The molecule has 0 aromatic heterocycles. The van der Waals surface area contributed by atoms with Crippen molar-refractivity contribution < 1.29 is 21.6 Å². The lowest BCUT2D eigenvalue weighted by atomic mass is 10.3. The molecule has 0 unspecified atom stereocenters. The second-order valence-electron chi connectivity index (χ2n) is 4.17. The maximum Gasteiger partial charge on any atom is 0.244 e. The standard InChI is InChI=1S/C11H18N2O5S2/c1-3-18-10-5-4-9(12)8-11(10)20(16,17)13-6-7-19(2,14)15/h4-5,8,13H,3,6-7,12H2,1-2H3. The van der Waals surface area contributed by atoms with Gasteiger partial charge in [-0.1, -0.05) is 0 Å². The number of sulfonamides is 1. The quantitative estimate of drug-likeness (QED) is 0.682. The van der Waals surface area contributed by atoms with Crippen LogP contribution in [0, 0.1) is 0 Å². The molecule has 9 heteroatoms. The van der Waals surface area contributed by atoms with Crippen molar-refractivity contribution in [2.75, 3.05) is 30.9 Å². The first-order chi connectivity index (χ1) is 9.15. The van der Waals surface area contributed by atoms with Gasteiger partial charge in [-0.05, 0) is 25.1 Å². The van der Waals surface area contributed by atoms with Crippen LogP contribution < -0.4 is 15.2 Å². The lowest BCUT2D eigenvalue weighted by molar-refractivity contribution is 0.331. The van der Waals surface area contributed by atoms with Crippen molar-refractivity contribution in [2.45, 2.75) is 11.8 Å². The Kier molecular flexibility index (Phi) is 5.37. The molecule has 20 heavy (non-hydrogen) atoms. The summed E-state index contributed by atoms with van der Waals surface area (Å²) in [6.07, 6.45) is 1.04. The highest BCUT2D eigenvalue weighted by atomic mass is 32.2. The van der Waals surface area contributed by atoms with Crippen LogP contribution in [0.1, 0.15) is 6.92 Å². The van der Waals surface area contributed by atoms with Crippen molar-refractivity contribution in [1.82, 2.24) is 4.72 Å². The number of sulfone groups is 1. The molecule has 0 bridgehead atoms. The molecule has 0 radical (unpaired) electrons. The summed E-state index contributed by atoms with van der Waals surface area (Å²) in [6, 6.07) is 4.26. The van der Waals surface area contributed by atoms with Crippen LogP contribution in [0.4, 0.5) is 5.69 Å². The summed E-state index contributed by atoms with van der Waals surface area (Å²) in [5.41, 5.74) is 5.85. The van der Waals surface area contributed by atoms with Crippen molar-refractivity contribution in [1.29, 1.82) is 0 Å². The number of nitrogens with two attached hydrogens (primary N) is 1. The molecule has 114 valence electrons. The molecule has 0 spiro atoms.